The Balaban J connectivity index is 1.27. The maximum Gasteiger partial charge on any atom is 0.413 e. The molecular weight excluding hydrogens is 644 g/mol. The number of nitrogens with zero attached hydrogens (tertiary/aromatic N) is 4. The summed E-state index contributed by atoms with van der Waals surface area (Å²) >= 11 is 0. The molecule has 1 aliphatic rings. The Bertz CT molecular complexity index is 2010. The summed E-state index contributed by atoms with van der Waals surface area (Å²) in [6, 6.07) is 26.6. The third-order valence-electron chi connectivity index (χ3n) is 8.42. The van der Waals surface area contributed by atoms with Gasteiger partial charge in [0.1, 0.15) is 24.6 Å². The zero-order chi connectivity index (χ0) is 34.2. The van der Waals surface area contributed by atoms with E-state index in [9.17, 15) is 18.0 Å². The molecule has 0 saturated carbocycles. The van der Waals surface area contributed by atoms with E-state index in [1.54, 1.807) is 4.90 Å². The van der Waals surface area contributed by atoms with Crippen LogP contribution in [0.5, 0.6) is 0 Å². The smallest absolute Gasteiger partial charge is 0.413 e. The van der Waals surface area contributed by atoms with E-state index in [1.165, 1.54) is 0 Å². The molecule has 1 fully saturated rings. The number of unbranched alkanes of at least 4 members (excludes halogenated alkanes) is 1. The first kappa shape index (κ1) is 33.9. The summed E-state index contributed by atoms with van der Waals surface area (Å²) in [4.78, 5) is 37.6. The van der Waals surface area contributed by atoms with E-state index in [2.05, 4.69) is 15.2 Å². The van der Waals surface area contributed by atoms with Gasteiger partial charge in [-0.1, -0.05) is 78.9 Å². The number of hydrogen-bond donors (Lipinski definition) is 2. The summed E-state index contributed by atoms with van der Waals surface area (Å²) in [6.07, 6.45) is 0.434. The number of benzene rings is 3. The first-order valence-corrected chi connectivity index (χ1v) is 18.3. The van der Waals surface area contributed by atoms with Crippen molar-refractivity contribution in [2.24, 2.45) is 0 Å². The highest BCUT2D eigenvalue weighted by atomic mass is 32.2. The fourth-order valence-corrected chi connectivity index (χ4v) is 7.22. The molecule has 49 heavy (non-hydrogen) atoms. The normalized spacial score (nSPS) is 14.0. The van der Waals surface area contributed by atoms with E-state index in [0.717, 1.165) is 34.9 Å². The van der Waals surface area contributed by atoms with Crippen LogP contribution in [0.3, 0.4) is 0 Å². The molecule has 0 unspecified atom stereocenters. The van der Waals surface area contributed by atoms with Crippen molar-refractivity contribution >= 4 is 49.8 Å². The summed E-state index contributed by atoms with van der Waals surface area (Å²) in [5, 5.41) is 7.00. The van der Waals surface area contributed by atoms with Crippen LogP contribution in [0.25, 0.3) is 21.9 Å². The number of aromatic nitrogens is 3. The number of carbonyl (C=O) groups excluding carboxylic acids is 2. The molecule has 3 aromatic carbocycles. The van der Waals surface area contributed by atoms with Crippen LogP contribution in [0.4, 0.5) is 15.4 Å². The summed E-state index contributed by atoms with van der Waals surface area (Å²) in [5.41, 5.74) is 3.68. The van der Waals surface area contributed by atoms with Crippen LogP contribution in [0.15, 0.2) is 84.9 Å². The van der Waals surface area contributed by atoms with E-state index in [4.69, 9.17) is 19.4 Å². The van der Waals surface area contributed by atoms with Crippen molar-refractivity contribution in [2.75, 3.05) is 29.9 Å². The Labute approximate surface area is 285 Å². The maximum atomic E-state index is 13.3. The van der Waals surface area contributed by atoms with Gasteiger partial charge in [-0.2, -0.15) is 0 Å². The summed E-state index contributed by atoms with van der Waals surface area (Å²) in [5.74, 6) is 1.23. The number of sulfone groups is 1. The number of fused-ring (bicyclic) bond motifs is 3. The third-order valence-corrected chi connectivity index (χ3v) is 10.2. The minimum absolute atomic E-state index is 0.0000516. The van der Waals surface area contributed by atoms with Crippen LogP contribution in [0, 0.1) is 0 Å². The van der Waals surface area contributed by atoms with Crippen molar-refractivity contribution in [3.63, 3.8) is 0 Å². The second-order valence-corrected chi connectivity index (χ2v) is 14.2. The molecule has 5 aromatic rings. The Morgan fingerprint density at radius 2 is 1.53 bits per heavy atom. The van der Waals surface area contributed by atoms with Gasteiger partial charge in [0.15, 0.2) is 15.7 Å². The molecule has 0 bridgehead atoms. The summed E-state index contributed by atoms with van der Waals surface area (Å²) in [7, 11) is -2.89. The number of amides is 2. The first-order chi connectivity index (χ1) is 23.8. The van der Waals surface area contributed by atoms with Gasteiger partial charge in [-0.05, 0) is 43.5 Å². The number of rotatable bonds is 14. The van der Waals surface area contributed by atoms with Gasteiger partial charge >= 0.3 is 12.2 Å². The van der Waals surface area contributed by atoms with Crippen molar-refractivity contribution in [1.29, 1.82) is 0 Å². The van der Waals surface area contributed by atoms with Gasteiger partial charge in [0.25, 0.3) is 0 Å². The second-order valence-electron chi connectivity index (χ2n) is 12.0. The van der Waals surface area contributed by atoms with Gasteiger partial charge in [0.05, 0.1) is 29.1 Å². The van der Waals surface area contributed by atoms with Crippen LogP contribution in [-0.2, 0) is 45.6 Å². The summed E-state index contributed by atoms with van der Waals surface area (Å²) < 4.78 is 36.4. The first-order valence-electron chi connectivity index (χ1n) is 16.4. The van der Waals surface area contributed by atoms with Crippen molar-refractivity contribution in [3.8, 4) is 0 Å². The van der Waals surface area contributed by atoms with Gasteiger partial charge in [-0.25, -0.2) is 28.0 Å². The lowest BCUT2D eigenvalue weighted by Gasteiger charge is -2.26. The molecule has 0 spiro atoms. The van der Waals surface area contributed by atoms with E-state index in [0.29, 0.717) is 36.5 Å². The topological polar surface area (TPSA) is 145 Å². The number of hydrogen-bond acceptors (Lipinski definition) is 9. The third kappa shape index (κ3) is 8.54. The van der Waals surface area contributed by atoms with E-state index in [-0.39, 0.29) is 43.1 Å². The predicted octanol–water partition coefficient (Wildman–Crippen LogP) is 5.66. The van der Waals surface area contributed by atoms with Crippen LogP contribution >= 0.6 is 0 Å². The lowest BCUT2D eigenvalue weighted by atomic mass is 10.2. The van der Waals surface area contributed by atoms with Crippen molar-refractivity contribution in [2.45, 2.75) is 52.1 Å². The van der Waals surface area contributed by atoms with Crippen molar-refractivity contribution in [1.82, 2.24) is 24.8 Å². The minimum atomic E-state index is -2.89. The number of anilines is 1. The maximum absolute atomic E-state index is 13.3. The van der Waals surface area contributed by atoms with Gasteiger partial charge in [0, 0.05) is 24.5 Å². The highest BCUT2D eigenvalue weighted by Crippen LogP contribution is 2.31. The van der Waals surface area contributed by atoms with Crippen molar-refractivity contribution < 1.29 is 27.5 Å². The molecule has 256 valence electrons. The molecular formula is C36H40N6O6S. The number of aryl methyl sites for hydroxylation is 1. The minimum Gasteiger partial charge on any atom is -0.445 e. The van der Waals surface area contributed by atoms with E-state index in [1.807, 2.05) is 91.9 Å². The molecule has 2 amide bonds. The molecule has 2 N–H and O–H groups in total. The lowest BCUT2D eigenvalue weighted by molar-refractivity contribution is 0.0944. The number of para-hydroxylation sites is 1. The monoisotopic (exact) mass is 684 g/mol. The average molecular weight is 685 g/mol. The van der Waals surface area contributed by atoms with Crippen LogP contribution < -0.4 is 10.6 Å². The van der Waals surface area contributed by atoms with Gasteiger partial charge in [-0.15, -0.1) is 0 Å². The highest BCUT2D eigenvalue weighted by molar-refractivity contribution is 7.92. The highest BCUT2D eigenvalue weighted by Gasteiger charge is 2.32. The Kier molecular flexibility index (Phi) is 10.7. The summed E-state index contributed by atoms with van der Waals surface area (Å²) in [6.45, 7) is 3.94. The zero-order valence-electron chi connectivity index (χ0n) is 27.4. The molecule has 1 aliphatic heterocycles. The van der Waals surface area contributed by atoms with Gasteiger partial charge in [0.2, 0.25) is 0 Å². The standard InChI is InChI=1S/C36H40N6O6S/c1-2-41(36(44)48-23-27-15-7-4-8-16-27)21-31-39-32-33(42(31)20-12-11-19-37-28-24-49(45,46)25-28)29-17-9-10-18-30(29)38-34(32)40-35(43)47-22-26-13-5-3-6-14-26/h3-10,13-18,28,37H,2,11-12,19-25H2,1H3,(H,38,40,43). The van der Waals surface area contributed by atoms with Gasteiger partial charge < -0.3 is 24.3 Å². The largest absolute Gasteiger partial charge is 0.445 e. The number of nitrogens with one attached hydrogen (secondary N) is 2. The number of carbonyl (C=O) groups is 2. The quantitative estimate of drug-likeness (QED) is 0.142. The molecule has 6 rings (SSSR count). The lowest BCUT2D eigenvalue weighted by Crippen LogP contribution is -2.51. The number of pyridine rings is 1. The SMILES string of the molecule is CCN(Cc1nc2c(NC(=O)OCc3ccccc3)nc3ccccc3c2n1CCCCNC1CS(=O)(=O)C1)C(=O)OCc1ccccc1. The second kappa shape index (κ2) is 15.5. The van der Waals surface area contributed by atoms with Gasteiger partial charge in [-0.3, -0.25) is 5.32 Å². The fourth-order valence-electron chi connectivity index (χ4n) is 5.86. The molecule has 2 aromatic heterocycles. The molecule has 13 heteroatoms. The van der Waals surface area contributed by atoms with E-state index >= 15 is 0 Å². The molecule has 0 atom stereocenters. The molecule has 12 nitrogen and oxygen atoms in total. The number of ether oxygens (including phenoxy) is 2. The molecule has 0 aliphatic carbocycles. The van der Waals surface area contributed by atoms with Crippen LogP contribution in [-0.4, -0.2) is 70.7 Å². The molecule has 3 heterocycles. The van der Waals surface area contributed by atoms with Crippen molar-refractivity contribution in [3.05, 3.63) is 102 Å². The molecule has 1 saturated heterocycles. The zero-order valence-corrected chi connectivity index (χ0v) is 28.2. The fraction of sp³-hybridized carbons (Fsp3) is 0.333. The van der Waals surface area contributed by atoms with E-state index < -0.39 is 22.0 Å². The predicted molar refractivity (Wildman–Crippen MR) is 188 cm³/mol. The number of imidazole rings is 1. The van der Waals surface area contributed by atoms with Crippen LogP contribution in [0.2, 0.25) is 0 Å². The Morgan fingerprint density at radius 3 is 2.20 bits per heavy atom. The Hall–Kier alpha value is -5.01. The average Bonchev–Trinajstić information content (AvgIpc) is 3.47. The molecule has 0 radical (unpaired) electrons. The Morgan fingerprint density at radius 1 is 0.878 bits per heavy atom. The van der Waals surface area contributed by atoms with Crippen LogP contribution in [0.1, 0.15) is 36.7 Å².